The summed E-state index contributed by atoms with van der Waals surface area (Å²) >= 11 is 1.96. The molecule has 164 valence electrons. The highest BCUT2D eigenvalue weighted by Crippen LogP contribution is 2.55. The molecule has 0 spiro atoms. The number of benzene rings is 2. The van der Waals surface area contributed by atoms with Gasteiger partial charge in [0.15, 0.2) is 0 Å². The zero-order chi connectivity index (χ0) is 22.0. The second kappa shape index (κ2) is 9.30. The van der Waals surface area contributed by atoms with E-state index >= 15 is 0 Å². The van der Waals surface area contributed by atoms with Crippen LogP contribution in [0, 0.1) is 19.8 Å². The minimum Gasteiger partial charge on any atom is -0.306 e. The molecule has 31 heavy (non-hydrogen) atoms. The van der Waals surface area contributed by atoms with Gasteiger partial charge in [0.25, 0.3) is 0 Å². The summed E-state index contributed by atoms with van der Waals surface area (Å²) in [5.74, 6) is 0.682. The van der Waals surface area contributed by atoms with Crippen molar-refractivity contribution in [2.75, 3.05) is 20.1 Å². The molecule has 0 bridgehead atoms. The van der Waals surface area contributed by atoms with Gasteiger partial charge in [-0.3, -0.25) is 0 Å². The summed E-state index contributed by atoms with van der Waals surface area (Å²) in [6.07, 6.45) is 4.78. The van der Waals surface area contributed by atoms with E-state index in [2.05, 4.69) is 93.6 Å². The summed E-state index contributed by atoms with van der Waals surface area (Å²) in [7, 11) is 2.22. The van der Waals surface area contributed by atoms with Gasteiger partial charge in [-0.05, 0) is 104 Å². The van der Waals surface area contributed by atoms with Crippen LogP contribution in [0.3, 0.4) is 0 Å². The van der Waals surface area contributed by atoms with Crippen LogP contribution in [-0.4, -0.2) is 25.0 Å². The van der Waals surface area contributed by atoms with Crippen LogP contribution in [-0.2, 0) is 18.3 Å². The van der Waals surface area contributed by atoms with Crippen molar-refractivity contribution in [2.45, 2.75) is 58.8 Å². The quantitative estimate of drug-likeness (QED) is 0.347. The highest BCUT2D eigenvalue weighted by atomic mass is 32.1. The lowest BCUT2D eigenvalue weighted by molar-refractivity contribution is 0.298. The van der Waals surface area contributed by atoms with Gasteiger partial charge in [0.05, 0.1) is 0 Å². The number of hydrogen-bond donors (Lipinski definition) is 0. The van der Waals surface area contributed by atoms with Crippen molar-refractivity contribution in [3.8, 4) is 0 Å². The molecule has 0 unspecified atom stereocenters. The SMILES string of the molecule is CCN(C)C[C@H](C)Cc1cc(C)c(Cc2csc(C3(c4ccccc4)CC3)c2)cc1C. The number of hydrogen-bond acceptors (Lipinski definition) is 2. The van der Waals surface area contributed by atoms with Crippen molar-refractivity contribution in [1.82, 2.24) is 4.90 Å². The molecule has 1 atom stereocenters. The number of rotatable bonds is 9. The fourth-order valence-corrected chi connectivity index (χ4v) is 6.14. The third kappa shape index (κ3) is 4.96. The van der Waals surface area contributed by atoms with Crippen LogP contribution in [0.2, 0.25) is 0 Å². The second-order valence-electron chi connectivity index (χ2n) is 9.81. The Kier molecular flexibility index (Phi) is 6.69. The smallest absolute Gasteiger partial charge is 0.0297 e. The van der Waals surface area contributed by atoms with Crippen LogP contribution in [0.4, 0.5) is 0 Å². The Balaban J connectivity index is 1.48. The normalized spacial score (nSPS) is 15.9. The Hall–Kier alpha value is -1.90. The Morgan fingerprint density at radius 2 is 1.68 bits per heavy atom. The molecule has 1 heterocycles. The van der Waals surface area contributed by atoms with Crippen LogP contribution in [0.25, 0.3) is 0 Å². The predicted molar refractivity (Wildman–Crippen MR) is 136 cm³/mol. The molecule has 2 aromatic carbocycles. The van der Waals surface area contributed by atoms with Crippen molar-refractivity contribution >= 4 is 11.3 Å². The monoisotopic (exact) mass is 431 g/mol. The zero-order valence-corrected chi connectivity index (χ0v) is 20.7. The van der Waals surface area contributed by atoms with Crippen molar-refractivity contribution in [3.05, 3.63) is 92.2 Å². The van der Waals surface area contributed by atoms with Gasteiger partial charge in [0.2, 0.25) is 0 Å². The van der Waals surface area contributed by atoms with Crippen LogP contribution in [0.15, 0.2) is 53.9 Å². The summed E-state index contributed by atoms with van der Waals surface area (Å²) in [5.41, 5.74) is 9.14. The van der Waals surface area contributed by atoms with E-state index in [-0.39, 0.29) is 0 Å². The lowest BCUT2D eigenvalue weighted by atomic mass is 9.90. The van der Waals surface area contributed by atoms with Gasteiger partial charge in [0.1, 0.15) is 0 Å². The molecule has 0 saturated heterocycles. The van der Waals surface area contributed by atoms with Gasteiger partial charge in [-0.2, -0.15) is 0 Å². The highest BCUT2D eigenvalue weighted by molar-refractivity contribution is 7.10. The Bertz CT molecular complexity index is 1010. The topological polar surface area (TPSA) is 3.24 Å². The molecular weight excluding hydrogens is 394 g/mol. The van der Waals surface area contributed by atoms with E-state index in [9.17, 15) is 0 Å². The highest BCUT2D eigenvalue weighted by Gasteiger charge is 2.46. The van der Waals surface area contributed by atoms with Crippen molar-refractivity contribution < 1.29 is 0 Å². The van der Waals surface area contributed by atoms with Gasteiger partial charge < -0.3 is 4.90 Å². The first kappa shape index (κ1) is 22.3. The maximum absolute atomic E-state index is 2.48. The standard InChI is InChI=1S/C29H37NS/c1-6-30(5)19-21(2)14-25-15-23(4)26(16-22(25)3)17-24-18-28(31-20-24)29(12-13-29)27-10-8-7-9-11-27/h7-11,15-16,18,20-21H,6,12-14,17,19H2,1-5H3/t21-/m1/s1. The van der Waals surface area contributed by atoms with Crippen LogP contribution in [0.5, 0.6) is 0 Å². The number of aryl methyl sites for hydroxylation is 2. The Morgan fingerprint density at radius 1 is 1.00 bits per heavy atom. The molecule has 1 aromatic heterocycles. The third-order valence-corrected chi connectivity index (χ3v) is 8.31. The molecule has 2 heteroatoms. The first-order valence-corrected chi connectivity index (χ1v) is 12.7. The fourth-order valence-electron chi connectivity index (χ4n) is 4.95. The molecule has 1 aliphatic rings. The molecule has 0 radical (unpaired) electrons. The predicted octanol–water partition coefficient (Wildman–Crippen LogP) is 7.17. The van der Waals surface area contributed by atoms with Crippen molar-refractivity contribution in [3.63, 3.8) is 0 Å². The minimum atomic E-state index is 0.292. The van der Waals surface area contributed by atoms with E-state index in [0.29, 0.717) is 11.3 Å². The van der Waals surface area contributed by atoms with Crippen molar-refractivity contribution in [1.29, 1.82) is 0 Å². The van der Waals surface area contributed by atoms with E-state index in [4.69, 9.17) is 0 Å². The van der Waals surface area contributed by atoms with Gasteiger partial charge in [-0.15, -0.1) is 11.3 Å². The van der Waals surface area contributed by atoms with Crippen LogP contribution < -0.4 is 0 Å². The molecule has 3 aromatic rings. The molecule has 1 nitrogen and oxygen atoms in total. The van der Waals surface area contributed by atoms with Gasteiger partial charge in [0, 0.05) is 16.8 Å². The fraction of sp³-hybridized carbons (Fsp3) is 0.448. The summed E-state index contributed by atoms with van der Waals surface area (Å²) in [5, 5.41) is 2.39. The summed E-state index contributed by atoms with van der Waals surface area (Å²) in [6, 6.07) is 18.5. The molecular formula is C29H37NS. The Labute approximate surface area is 193 Å². The molecule has 4 rings (SSSR count). The zero-order valence-electron chi connectivity index (χ0n) is 19.9. The maximum atomic E-state index is 2.48. The van der Waals surface area contributed by atoms with Crippen LogP contribution in [0.1, 0.15) is 64.9 Å². The Morgan fingerprint density at radius 3 is 2.35 bits per heavy atom. The summed E-state index contributed by atoms with van der Waals surface area (Å²) in [6.45, 7) is 11.5. The summed E-state index contributed by atoms with van der Waals surface area (Å²) in [4.78, 5) is 3.96. The van der Waals surface area contributed by atoms with E-state index in [1.54, 1.807) is 4.88 Å². The molecule has 0 aliphatic heterocycles. The molecule has 0 amide bonds. The first-order chi connectivity index (χ1) is 14.9. The molecule has 1 fully saturated rings. The van der Waals surface area contributed by atoms with E-state index in [1.807, 2.05) is 11.3 Å². The molecule has 1 aliphatic carbocycles. The van der Waals surface area contributed by atoms with E-state index in [1.165, 1.54) is 52.6 Å². The maximum Gasteiger partial charge on any atom is 0.0297 e. The lowest BCUT2D eigenvalue weighted by Crippen LogP contribution is -2.25. The first-order valence-electron chi connectivity index (χ1n) is 11.8. The average Bonchev–Trinajstić information content (AvgIpc) is 3.44. The molecule has 1 saturated carbocycles. The minimum absolute atomic E-state index is 0.292. The van der Waals surface area contributed by atoms with Crippen LogP contribution >= 0.6 is 11.3 Å². The van der Waals surface area contributed by atoms with Gasteiger partial charge in [-0.1, -0.05) is 56.3 Å². The van der Waals surface area contributed by atoms with Gasteiger partial charge in [-0.25, -0.2) is 0 Å². The number of thiophene rings is 1. The van der Waals surface area contributed by atoms with E-state index in [0.717, 1.165) is 19.5 Å². The number of nitrogens with zero attached hydrogens (tertiary/aromatic N) is 1. The third-order valence-electron chi connectivity index (χ3n) is 7.12. The van der Waals surface area contributed by atoms with Gasteiger partial charge >= 0.3 is 0 Å². The molecule has 0 N–H and O–H groups in total. The van der Waals surface area contributed by atoms with Crippen molar-refractivity contribution in [2.24, 2.45) is 5.92 Å². The second-order valence-corrected chi connectivity index (χ2v) is 10.7. The summed E-state index contributed by atoms with van der Waals surface area (Å²) < 4.78 is 0. The largest absolute Gasteiger partial charge is 0.306 e. The lowest BCUT2D eigenvalue weighted by Gasteiger charge is -2.21. The van der Waals surface area contributed by atoms with E-state index < -0.39 is 0 Å². The average molecular weight is 432 g/mol.